The molecule has 0 radical (unpaired) electrons. The summed E-state index contributed by atoms with van der Waals surface area (Å²) in [5.41, 5.74) is 0. The van der Waals surface area contributed by atoms with Gasteiger partial charge < -0.3 is 5.71 Å². The first kappa shape index (κ1) is 15.7. The zero-order valence-electron chi connectivity index (χ0n) is 7.32. The molecule has 0 fully saturated rings. The van der Waals surface area contributed by atoms with Crippen LogP contribution < -0.4 is 0 Å². The minimum atomic E-state index is 0. The minimum absolute atomic E-state index is 0. The van der Waals surface area contributed by atoms with Crippen LogP contribution in [0, 0.1) is 0 Å². The molecule has 0 N–H and O–H groups in total. The zero-order chi connectivity index (χ0) is 3.41. The molecule has 0 aliphatic heterocycles. The Labute approximate surface area is 92.6 Å². The summed E-state index contributed by atoms with van der Waals surface area (Å²) in [6.07, 6.45) is 0. The Morgan fingerprint density at radius 1 is 1.00 bits per heavy atom. The third-order valence-electron chi connectivity index (χ3n) is 0.0476. The maximum atomic E-state index is 3.02. The van der Waals surface area contributed by atoms with Crippen LogP contribution in [0.25, 0.3) is 0 Å². The van der Waals surface area contributed by atoms with Crippen molar-refractivity contribution in [1.82, 2.24) is 0 Å². The third-order valence-corrected chi connectivity index (χ3v) is 1.29. The summed E-state index contributed by atoms with van der Waals surface area (Å²) in [6.45, 7) is 0. The third kappa shape index (κ3) is 16.3. The number of halogens is 2. The van der Waals surface area contributed by atoms with E-state index >= 15 is 0 Å². The summed E-state index contributed by atoms with van der Waals surface area (Å²) < 4.78 is 0. The molecule has 0 heterocycles. The van der Waals surface area contributed by atoms with Gasteiger partial charge in [0.25, 0.3) is 0 Å². The summed E-state index contributed by atoms with van der Waals surface area (Å²) >= 11 is 6.04. The first-order valence-corrected chi connectivity index (χ1v) is 2.60. The van der Waals surface area contributed by atoms with Gasteiger partial charge in [0.2, 0.25) is 0 Å². The standard InChI is InChI=1S/C2H2Br2.2Mg.4H/c3-1-2-4;;;;;;/h1-2H;;;;;;/q;2*+2;4*-1. The average Bonchev–Trinajstić information content (AvgIpc) is 1.37. The van der Waals surface area contributed by atoms with E-state index in [4.69, 9.17) is 0 Å². The quantitative estimate of drug-likeness (QED) is 0.566. The minimum Gasteiger partial charge on any atom is -1.00 e. The van der Waals surface area contributed by atoms with E-state index in [2.05, 4.69) is 31.9 Å². The van der Waals surface area contributed by atoms with Crippen molar-refractivity contribution in [3.63, 3.8) is 0 Å². The molecule has 0 saturated carbocycles. The number of hydrogen-bond acceptors (Lipinski definition) is 0. The van der Waals surface area contributed by atoms with Gasteiger partial charge in [-0.15, -0.1) is 0 Å². The van der Waals surface area contributed by atoms with E-state index in [1.54, 1.807) is 9.97 Å². The molecule has 0 amide bonds. The Balaban J connectivity index is -0.00000000300. The molecule has 0 aliphatic rings. The van der Waals surface area contributed by atoms with Gasteiger partial charge in [0.05, 0.1) is 0 Å². The molecule has 0 unspecified atom stereocenters. The molecule has 0 spiro atoms. The van der Waals surface area contributed by atoms with Crippen molar-refractivity contribution in [2.75, 3.05) is 0 Å². The van der Waals surface area contributed by atoms with Crippen molar-refractivity contribution in [1.29, 1.82) is 0 Å². The van der Waals surface area contributed by atoms with Crippen LogP contribution in [0.4, 0.5) is 0 Å². The molecule has 0 aliphatic carbocycles. The topological polar surface area (TPSA) is 0 Å². The van der Waals surface area contributed by atoms with Crippen molar-refractivity contribution < 1.29 is 5.71 Å². The molecule has 6 heavy (non-hydrogen) atoms. The Morgan fingerprint density at radius 3 is 1.17 bits per heavy atom. The maximum absolute atomic E-state index is 3.02. The second-order valence-corrected chi connectivity index (χ2v) is 1.31. The Kier molecular flexibility index (Phi) is 41.1. The molecule has 0 nitrogen and oxygen atoms in total. The van der Waals surface area contributed by atoms with Crippen LogP contribution in [0.1, 0.15) is 5.71 Å². The molecular weight excluding hydrogens is 232 g/mol. The van der Waals surface area contributed by atoms with E-state index in [1.807, 2.05) is 0 Å². The van der Waals surface area contributed by atoms with Gasteiger partial charge >= 0.3 is 46.1 Å². The van der Waals surface area contributed by atoms with Gasteiger partial charge in [0, 0.05) is 0 Å². The van der Waals surface area contributed by atoms with Crippen molar-refractivity contribution in [3.8, 4) is 0 Å². The van der Waals surface area contributed by atoms with Gasteiger partial charge in [-0.25, -0.2) is 0 Å². The van der Waals surface area contributed by atoms with Gasteiger partial charge in [-0.1, -0.05) is 31.9 Å². The largest absolute Gasteiger partial charge is 2.00 e. The van der Waals surface area contributed by atoms with Crippen LogP contribution in [0.2, 0.25) is 0 Å². The summed E-state index contributed by atoms with van der Waals surface area (Å²) in [4.78, 5) is 3.46. The van der Waals surface area contributed by atoms with Crippen molar-refractivity contribution in [3.05, 3.63) is 9.97 Å². The van der Waals surface area contributed by atoms with Gasteiger partial charge in [-0.2, -0.15) is 0 Å². The smallest absolute Gasteiger partial charge is 1.00 e. The van der Waals surface area contributed by atoms with E-state index < -0.39 is 0 Å². The normalized spacial score (nSPS) is 6.33. The second-order valence-electron chi connectivity index (χ2n) is 0.252. The Hall–Kier alpha value is 2.23. The van der Waals surface area contributed by atoms with Crippen LogP contribution in [0.15, 0.2) is 9.97 Å². The molecule has 32 valence electrons. The van der Waals surface area contributed by atoms with E-state index in [0.29, 0.717) is 0 Å². The van der Waals surface area contributed by atoms with E-state index in [1.165, 1.54) is 0 Å². The fourth-order valence-corrected chi connectivity index (χ4v) is 0. The number of rotatable bonds is 0. The second kappa shape index (κ2) is 15.7. The first-order valence-electron chi connectivity index (χ1n) is 0.770. The van der Waals surface area contributed by atoms with Gasteiger partial charge in [-0.05, 0) is 9.97 Å². The first-order chi connectivity index (χ1) is 1.91. The fraction of sp³-hybridized carbons (Fsp3) is 0. The molecule has 0 bridgehead atoms. The molecule has 0 atom stereocenters. The fourth-order valence-electron chi connectivity index (χ4n) is 0. The predicted molar refractivity (Wildman–Crippen MR) is 43.0 cm³/mol. The molecular formula is C2H6Br2Mg2. The summed E-state index contributed by atoms with van der Waals surface area (Å²) in [6, 6.07) is 0. The van der Waals surface area contributed by atoms with Crippen molar-refractivity contribution in [2.24, 2.45) is 0 Å². The van der Waals surface area contributed by atoms with Crippen LogP contribution >= 0.6 is 31.9 Å². The molecule has 4 heteroatoms. The van der Waals surface area contributed by atoms with Crippen LogP contribution in [0.5, 0.6) is 0 Å². The Bertz CT molecular complexity index is 34.4. The van der Waals surface area contributed by atoms with Gasteiger partial charge in [0.15, 0.2) is 0 Å². The number of hydrogen-bond donors (Lipinski definition) is 0. The van der Waals surface area contributed by atoms with Crippen LogP contribution in [-0.2, 0) is 0 Å². The van der Waals surface area contributed by atoms with E-state index in [0.717, 1.165) is 0 Å². The molecule has 0 saturated heterocycles. The zero-order valence-corrected chi connectivity index (χ0v) is 9.33. The van der Waals surface area contributed by atoms with Crippen molar-refractivity contribution in [2.45, 2.75) is 0 Å². The summed E-state index contributed by atoms with van der Waals surface area (Å²) in [7, 11) is 0. The molecule has 0 aromatic carbocycles. The summed E-state index contributed by atoms with van der Waals surface area (Å²) in [5.74, 6) is 0. The average molecular weight is 238 g/mol. The van der Waals surface area contributed by atoms with E-state index in [9.17, 15) is 0 Å². The monoisotopic (exact) mass is 236 g/mol. The molecule has 0 aromatic rings. The summed E-state index contributed by atoms with van der Waals surface area (Å²) in [5, 5.41) is 0. The SMILES string of the molecule is BrC=CBr.[H-].[H-].[H-].[H-].[Mg+2].[Mg+2]. The van der Waals surface area contributed by atoms with Crippen molar-refractivity contribution >= 4 is 78.0 Å². The molecule has 0 aromatic heterocycles. The molecule has 0 rings (SSSR count). The van der Waals surface area contributed by atoms with Crippen LogP contribution in [0.3, 0.4) is 0 Å². The maximum Gasteiger partial charge on any atom is 2.00 e. The van der Waals surface area contributed by atoms with Gasteiger partial charge in [0.1, 0.15) is 0 Å². The Morgan fingerprint density at radius 2 is 1.17 bits per heavy atom. The van der Waals surface area contributed by atoms with Crippen LogP contribution in [-0.4, -0.2) is 46.1 Å². The predicted octanol–water partition coefficient (Wildman–Crippen LogP) is 1.94. The van der Waals surface area contributed by atoms with Gasteiger partial charge in [-0.3, -0.25) is 0 Å². The van der Waals surface area contributed by atoms with E-state index in [-0.39, 0.29) is 51.8 Å².